The highest BCUT2D eigenvalue weighted by atomic mass is 127. The summed E-state index contributed by atoms with van der Waals surface area (Å²) in [4.78, 5) is 9.89. The molecule has 2 N–H and O–H groups in total. The second-order valence-electron chi connectivity index (χ2n) is 7.62. The Labute approximate surface area is 184 Å². The first-order valence-electron chi connectivity index (χ1n) is 10.6. The maximum Gasteiger partial charge on any atom is 0.191 e. The van der Waals surface area contributed by atoms with E-state index in [1.165, 1.54) is 6.42 Å². The largest absolute Gasteiger partial charge is 0.381 e. The molecule has 0 aromatic rings. The van der Waals surface area contributed by atoms with E-state index in [9.17, 15) is 0 Å². The van der Waals surface area contributed by atoms with Gasteiger partial charge in [-0.15, -0.1) is 24.0 Å². The van der Waals surface area contributed by atoms with E-state index in [2.05, 4.69) is 55.2 Å². The van der Waals surface area contributed by atoms with Gasteiger partial charge in [0.25, 0.3) is 0 Å². The van der Waals surface area contributed by atoms with Crippen LogP contribution in [0, 0.1) is 5.92 Å². The van der Waals surface area contributed by atoms with Gasteiger partial charge in [0.2, 0.25) is 0 Å². The van der Waals surface area contributed by atoms with Crippen molar-refractivity contribution >= 4 is 29.9 Å². The quantitative estimate of drug-likeness (QED) is 0.188. The third-order valence-corrected chi connectivity index (χ3v) is 4.96. The van der Waals surface area contributed by atoms with E-state index in [1.807, 2.05) is 0 Å². The number of guanidine groups is 1. The Balaban J connectivity index is 0.00000676. The summed E-state index contributed by atoms with van der Waals surface area (Å²) in [5, 5.41) is 6.82. The number of halogens is 1. The molecule has 0 aliphatic carbocycles. The van der Waals surface area contributed by atoms with Gasteiger partial charge in [0.1, 0.15) is 0 Å². The van der Waals surface area contributed by atoms with Crippen LogP contribution in [0.5, 0.6) is 0 Å². The van der Waals surface area contributed by atoms with Crippen LogP contribution in [-0.4, -0.2) is 87.9 Å². The summed E-state index contributed by atoms with van der Waals surface area (Å²) in [6.45, 7) is 17.9. The standard InChI is InChI=1S/C20H43N5O.HI/c1-6-8-15-26-16-9-10-22-20(21-7-2)23-17-19(18(3)4)25-13-11-24(5)12-14-25;/h18-19H,6-17H2,1-5H3,(H2,21,22,23);1H. The maximum atomic E-state index is 5.62. The molecule has 0 radical (unpaired) electrons. The summed E-state index contributed by atoms with van der Waals surface area (Å²) in [5.74, 6) is 1.54. The molecule has 1 aliphatic heterocycles. The number of unbranched alkanes of at least 4 members (excludes halogenated alkanes) is 1. The van der Waals surface area contributed by atoms with E-state index in [0.29, 0.717) is 12.0 Å². The van der Waals surface area contributed by atoms with E-state index < -0.39 is 0 Å². The number of piperazine rings is 1. The summed E-state index contributed by atoms with van der Waals surface area (Å²) in [6.07, 6.45) is 3.36. The molecule has 7 heteroatoms. The van der Waals surface area contributed by atoms with Crippen molar-refractivity contribution < 1.29 is 4.74 Å². The zero-order chi connectivity index (χ0) is 19.2. The van der Waals surface area contributed by atoms with Crippen molar-refractivity contribution in [1.29, 1.82) is 0 Å². The maximum absolute atomic E-state index is 5.62. The van der Waals surface area contributed by atoms with E-state index >= 15 is 0 Å². The van der Waals surface area contributed by atoms with Crippen molar-refractivity contribution in [3.63, 3.8) is 0 Å². The molecule has 6 nitrogen and oxygen atoms in total. The van der Waals surface area contributed by atoms with Crippen LogP contribution < -0.4 is 10.6 Å². The molecular formula is C20H44IN5O. The van der Waals surface area contributed by atoms with E-state index in [0.717, 1.165) is 77.8 Å². The van der Waals surface area contributed by atoms with Gasteiger partial charge in [-0.1, -0.05) is 27.2 Å². The molecule has 0 aromatic carbocycles. The average molecular weight is 498 g/mol. The second-order valence-corrected chi connectivity index (χ2v) is 7.62. The molecule has 1 saturated heterocycles. The fraction of sp³-hybridized carbons (Fsp3) is 0.950. The molecule has 0 bridgehead atoms. The second kappa shape index (κ2) is 16.8. The van der Waals surface area contributed by atoms with Gasteiger partial charge in [0.15, 0.2) is 5.96 Å². The van der Waals surface area contributed by atoms with Crippen molar-refractivity contribution in [1.82, 2.24) is 20.4 Å². The molecule has 27 heavy (non-hydrogen) atoms. The number of hydrogen-bond donors (Lipinski definition) is 2. The minimum atomic E-state index is 0. The minimum Gasteiger partial charge on any atom is -0.381 e. The van der Waals surface area contributed by atoms with Crippen molar-refractivity contribution in [3.8, 4) is 0 Å². The Morgan fingerprint density at radius 2 is 1.70 bits per heavy atom. The molecule has 1 aliphatic rings. The summed E-state index contributed by atoms with van der Waals surface area (Å²) in [6, 6.07) is 0.511. The Morgan fingerprint density at radius 1 is 1.04 bits per heavy atom. The van der Waals surface area contributed by atoms with Crippen LogP contribution in [0.25, 0.3) is 0 Å². The van der Waals surface area contributed by atoms with Gasteiger partial charge in [-0.25, -0.2) is 0 Å². The zero-order valence-corrected chi connectivity index (χ0v) is 20.6. The summed E-state index contributed by atoms with van der Waals surface area (Å²) in [5.41, 5.74) is 0. The van der Waals surface area contributed by atoms with Crippen LogP contribution in [0.2, 0.25) is 0 Å². The van der Waals surface area contributed by atoms with Gasteiger partial charge < -0.3 is 20.3 Å². The molecule has 1 atom stereocenters. The molecule has 0 aromatic heterocycles. The van der Waals surface area contributed by atoms with Crippen LogP contribution in [0.3, 0.4) is 0 Å². The Bertz CT molecular complexity index is 373. The number of likely N-dealkylation sites (N-methyl/N-ethyl adjacent to an activating group) is 1. The number of rotatable bonds is 12. The zero-order valence-electron chi connectivity index (χ0n) is 18.3. The third-order valence-electron chi connectivity index (χ3n) is 4.96. The van der Waals surface area contributed by atoms with Crippen LogP contribution in [0.15, 0.2) is 4.99 Å². The average Bonchev–Trinajstić information content (AvgIpc) is 2.62. The molecule has 162 valence electrons. The normalized spacial score (nSPS) is 17.6. The van der Waals surface area contributed by atoms with Crippen molar-refractivity contribution in [3.05, 3.63) is 0 Å². The monoisotopic (exact) mass is 497 g/mol. The topological polar surface area (TPSA) is 52.1 Å². The minimum absolute atomic E-state index is 0. The van der Waals surface area contributed by atoms with Crippen LogP contribution in [-0.2, 0) is 4.74 Å². The Kier molecular flexibility index (Phi) is 16.7. The molecule has 0 spiro atoms. The van der Waals surface area contributed by atoms with E-state index in [4.69, 9.17) is 9.73 Å². The number of nitrogens with one attached hydrogen (secondary N) is 2. The lowest BCUT2D eigenvalue weighted by Gasteiger charge is -2.39. The van der Waals surface area contributed by atoms with Crippen LogP contribution >= 0.6 is 24.0 Å². The van der Waals surface area contributed by atoms with Gasteiger partial charge in [-0.05, 0) is 32.7 Å². The van der Waals surface area contributed by atoms with E-state index in [-0.39, 0.29) is 24.0 Å². The fourth-order valence-electron chi connectivity index (χ4n) is 3.16. The fourth-order valence-corrected chi connectivity index (χ4v) is 3.16. The van der Waals surface area contributed by atoms with Crippen LogP contribution in [0.1, 0.15) is 47.0 Å². The lowest BCUT2D eigenvalue weighted by molar-refractivity contribution is 0.0925. The van der Waals surface area contributed by atoms with Gasteiger partial charge in [0.05, 0.1) is 6.54 Å². The smallest absolute Gasteiger partial charge is 0.191 e. The molecule has 0 amide bonds. The first-order chi connectivity index (χ1) is 12.6. The van der Waals surface area contributed by atoms with Gasteiger partial charge in [-0.3, -0.25) is 9.89 Å². The predicted molar refractivity (Wildman–Crippen MR) is 127 cm³/mol. The third kappa shape index (κ3) is 12.1. The Morgan fingerprint density at radius 3 is 2.30 bits per heavy atom. The van der Waals surface area contributed by atoms with Crippen molar-refractivity contribution in [2.45, 2.75) is 53.0 Å². The molecule has 1 rings (SSSR count). The highest BCUT2D eigenvalue weighted by Crippen LogP contribution is 2.14. The van der Waals surface area contributed by atoms with E-state index in [1.54, 1.807) is 0 Å². The van der Waals surface area contributed by atoms with Gasteiger partial charge in [0, 0.05) is 58.5 Å². The SMILES string of the molecule is CCCCOCCCNC(=NCC(C(C)C)N1CCN(C)CC1)NCC.I. The highest BCUT2D eigenvalue weighted by molar-refractivity contribution is 14.0. The number of ether oxygens (including phenoxy) is 1. The summed E-state index contributed by atoms with van der Waals surface area (Å²) in [7, 11) is 2.21. The van der Waals surface area contributed by atoms with Gasteiger partial charge in [-0.2, -0.15) is 0 Å². The highest BCUT2D eigenvalue weighted by Gasteiger charge is 2.24. The molecule has 1 fully saturated rings. The molecule has 1 heterocycles. The Hall–Kier alpha value is -0.120. The lowest BCUT2D eigenvalue weighted by Crippen LogP contribution is -2.52. The van der Waals surface area contributed by atoms with Gasteiger partial charge >= 0.3 is 0 Å². The number of nitrogens with zero attached hydrogens (tertiary/aromatic N) is 3. The van der Waals surface area contributed by atoms with Crippen molar-refractivity contribution in [2.24, 2.45) is 10.9 Å². The van der Waals surface area contributed by atoms with Crippen LogP contribution in [0.4, 0.5) is 0 Å². The number of hydrogen-bond acceptors (Lipinski definition) is 4. The molecular weight excluding hydrogens is 453 g/mol. The lowest BCUT2D eigenvalue weighted by atomic mass is 10.0. The molecule has 1 unspecified atom stereocenters. The summed E-state index contributed by atoms with van der Waals surface area (Å²) < 4.78 is 5.62. The first kappa shape index (κ1) is 26.9. The number of aliphatic imine (C=N–C) groups is 1. The summed E-state index contributed by atoms with van der Waals surface area (Å²) >= 11 is 0. The predicted octanol–water partition coefficient (Wildman–Crippen LogP) is 2.64. The van der Waals surface area contributed by atoms with Crippen molar-refractivity contribution in [2.75, 3.05) is 66.1 Å². The first-order valence-corrected chi connectivity index (χ1v) is 10.6. The molecule has 0 saturated carbocycles.